The lowest BCUT2D eigenvalue weighted by Gasteiger charge is -2.33. The van der Waals surface area contributed by atoms with Crippen molar-refractivity contribution in [2.75, 3.05) is 25.1 Å². The number of nitrogens with two attached hydrogens (primary N) is 1. The van der Waals surface area contributed by atoms with Gasteiger partial charge in [0, 0.05) is 25.6 Å². The fourth-order valence-corrected chi connectivity index (χ4v) is 3.49. The lowest BCUT2D eigenvalue weighted by Crippen LogP contribution is -2.49. The Morgan fingerprint density at radius 3 is 2.46 bits per heavy atom. The van der Waals surface area contributed by atoms with Crippen LogP contribution in [0.1, 0.15) is 30.4 Å². The summed E-state index contributed by atoms with van der Waals surface area (Å²) in [4.78, 5) is 26.5. The predicted molar refractivity (Wildman–Crippen MR) is 111 cm³/mol. The van der Waals surface area contributed by atoms with Gasteiger partial charge in [-0.15, -0.1) is 12.4 Å². The van der Waals surface area contributed by atoms with E-state index in [0.717, 1.165) is 11.3 Å². The first-order valence-electron chi connectivity index (χ1n) is 8.88. The molecule has 1 saturated heterocycles. The Morgan fingerprint density at radius 1 is 1.27 bits per heavy atom. The quantitative estimate of drug-likeness (QED) is 0.737. The number of thioether (sulfide) groups is 1. The smallest absolute Gasteiger partial charge is 0.239 e. The Labute approximate surface area is 166 Å². The highest BCUT2D eigenvalue weighted by atomic mass is 35.5. The van der Waals surface area contributed by atoms with Crippen LogP contribution in [0.2, 0.25) is 0 Å². The molecular weight excluding hydrogens is 370 g/mol. The van der Waals surface area contributed by atoms with E-state index in [9.17, 15) is 9.59 Å². The third-order valence-corrected chi connectivity index (χ3v) is 5.36. The van der Waals surface area contributed by atoms with Crippen LogP contribution in [0, 0.1) is 12.8 Å². The second-order valence-electron chi connectivity index (χ2n) is 6.69. The van der Waals surface area contributed by atoms with Gasteiger partial charge in [-0.1, -0.05) is 29.8 Å². The summed E-state index contributed by atoms with van der Waals surface area (Å²) in [7, 11) is 0. The zero-order valence-corrected chi connectivity index (χ0v) is 17.2. The van der Waals surface area contributed by atoms with Gasteiger partial charge < -0.3 is 16.0 Å². The molecule has 2 rings (SSSR count). The van der Waals surface area contributed by atoms with E-state index in [0.29, 0.717) is 38.9 Å². The highest BCUT2D eigenvalue weighted by Gasteiger charge is 2.29. The van der Waals surface area contributed by atoms with Crippen LogP contribution >= 0.6 is 24.2 Å². The van der Waals surface area contributed by atoms with Gasteiger partial charge in [-0.3, -0.25) is 9.59 Å². The molecule has 0 bridgehead atoms. The standard InChI is InChI=1S/C19H29N3O2S.ClH/c1-14-3-5-15(6-4-14)13-21-18(23)16-7-10-22(11-8-16)19(24)17(20)9-12-25-2;/h3-6,16-17H,7-13,20H2,1-2H3,(H,21,23);1H/t17-;/m0./s1. The number of aryl methyl sites for hydroxylation is 1. The van der Waals surface area contributed by atoms with Gasteiger partial charge in [0.1, 0.15) is 0 Å². The molecule has 2 amide bonds. The molecule has 0 spiro atoms. The molecule has 1 fully saturated rings. The molecule has 1 atom stereocenters. The van der Waals surface area contributed by atoms with E-state index < -0.39 is 6.04 Å². The molecule has 0 radical (unpaired) electrons. The van der Waals surface area contributed by atoms with Gasteiger partial charge in [-0.2, -0.15) is 11.8 Å². The Morgan fingerprint density at radius 2 is 1.88 bits per heavy atom. The third-order valence-electron chi connectivity index (χ3n) is 4.71. The van der Waals surface area contributed by atoms with Crippen LogP contribution in [0.4, 0.5) is 0 Å². The monoisotopic (exact) mass is 399 g/mol. The molecule has 1 aliphatic heterocycles. The first-order chi connectivity index (χ1) is 12.0. The van der Waals surface area contributed by atoms with Gasteiger partial charge in [0.15, 0.2) is 0 Å². The van der Waals surface area contributed by atoms with Crippen LogP contribution in [-0.4, -0.2) is 47.9 Å². The largest absolute Gasteiger partial charge is 0.352 e. The molecule has 26 heavy (non-hydrogen) atoms. The third kappa shape index (κ3) is 6.82. The zero-order valence-electron chi connectivity index (χ0n) is 15.6. The summed E-state index contributed by atoms with van der Waals surface area (Å²) in [5.74, 6) is 0.981. The number of hydrogen-bond acceptors (Lipinski definition) is 4. The van der Waals surface area contributed by atoms with Gasteiger partial charge in [-0.25, -0.2) is 0 Å². The molecule has 0 unspecified atom stereocenters. The van der Waals surface area contributed by atoms with Gasteiger partial charge in [0.2, 0.25) is 11.8 Å². The molecule has 1 aromatic rings. The summed E-state index contributed by atoms with van der Waals surface area (Å²) in [6.45, 7) is 3.84. The lowest BCUT2D eigenvalue weighted by molar-refractivity contribution is -0.136. The molecule has 1 aliphatic rings. The second-order valence-corrected chi connectivity index (χ2v) is 7.68. The van der Waals surface area contributed by atoms with Crippen molar-refractivity contribution in [3.8, 4) is 0 Å². The van der Waals surface area contributed by atoms with Crippen LogP contribution in [0.25, 0.3) is 0 Å². The first kappa shape index (κ1) is 22.8. The Balaban J connectivity index is 0.00000338. The number of carbonyl (C=O) groups is 2. The molecule has 146 valence electrons. The Kier molecular flexibility index (Phi) is 10.1. The van der Waals surface area contributed by atoms with Crippen molar-refractivity contribution in [2.24, 2.45) is 11.7 Å². The molecule has 0 aliphatic carbocycles. The van der Waals surface area contributed by atoms with Crippen molar-refractivity contribution in [2.45, 2.75) is 38.8 Å². The molecular formula is C19H30ClN3O2S. The maximum absolute atomic E-state index is 12.3. The zero-order chi connectivity index (χ0) is 18.2. The van der Waals surface area contributed by atoms with Crippen molar-refractivity contribution < 1.29 is 9.59 Å². The topological polar surface area (TPSA) is 75.4 Å². The summed E-state index contributed by atoms with van der Waals surface area (Å²) in [6, 6.07) is 7.75. The minimum Gasteiger partial charge on any atom is -0.352 e. The highest BCUT2D eigenvalue weighted by Crippen LogP contribution is 2.18. The van der Waals surface area contributed by atoms with E-state index in [1.54, 1.807) is 11.8 Å². The molecule has 1 heterocycles. The van der Waals surface area contributed by atoms with Crippen LogP contribution in [0.3, 0.4) is 0 Å². The van der Waals surface area contributed by atoms with Gasteiger partial charge >= 0.3 is 0 Å². The van der Waals surface area contributed by atoms with Crippen molar-refractivity contribution in [1.29, 1.82) is 0 Å². The van der Waals surface area contributed by atoms with Crippen LogP contribution in [-0.2, 0) is 16.1 Å². The van der Waals surface area contributed by atoms with Crippen LogP contribution < -0.4 is 11.1 Å². The average molecular weight is 400 g/mol. The van der Waals surface area contributed by atoms with E-state index in [1.165, 1.54) is 5.56 Å². The fraction of sp³-hybridized carbons (Fsp3) is 0.579. The number of nitrogens with one attached hydrogen (secondary N) is 1. The Hall–Kier alpha value is -1.24. The minimum absolute atomic E-state index is 0. The second kappa shape index (κ2) is 11.5. The van der Waals surface area contributed by atoms with Crippen molar-refractivity contribution in [3.05, 3.63) is 35.4 Å². The number of carbonyl (C=O) groups excluding carboxylic acids is 2. The van der Waals surface area contributed by atoms with Gasteiger partial charge in [-0.05, 0) is 43.8 Å². The molecule has 7 heteroatoms. The number of nitrogens with zero attached hydrogens (tertiary/aromatic N) is 1. The van der Waals surface area contributed by atoms with E-state index in [1.807, 2.05) is 42.3 Å². The number of likely N-dealkylation sites (tertiary alicyclic amines) is 1. The Bertz CT molecular complexity index is 575. The summed E-state index contributed by atoms with van der Waals surface area (Å²) in [5, 5.41) is 3.01. The van der Waals surface area contributed by atoms with Crippen molar-refractivity contribution >= 4 is 36.0 Å². The number of rotatable bonds is 7. The number of halogens is 1. The summed E-state index contributed by atoms with van der Waals surface area (Å²) >= 11 is 1.70. The van der Waals surface area contributed by atoms with E-state index in [2.05, 4.69) is 5.32 Å². The highest BCUT2D eigenvalue weighted by molar-refractivity contribution is 7.98. The maximum Gasteiger partial charge on any atom is 0.239 e. The van der Waals surface area contributed by atoms with E-state index in [-0.39, 0.29) is 30.1 Å². The number of benzene rings is 1. The molecule has 5 nitrogen and oxygen atoms in total. The summed E-state index contributed by atoms with van der Waals surface area (Å²) in [5.41, 5.74) is 8.28. The first-order valence-corrected chi connectivity index (χ1v) is 10.3. The van der Waals surface area contributed by atoms with Crippen LogP contribution in [0.15, 0.2) is 24.3 Å². The van der Waals surface area contributed by atoms with Crippen molar-refractivity contribution in [1.82, 2.24) is 10.2 Å². The van der Waals surface area contributed by atoms with Gasteiger partial charge in [0.05, 0.1) is 6.04 Å². The summed E-state index contributed by atoms with van der Waals surface area (Å²) < 4.78 is 0. The molecule has 0 saturated carbocycles. The number of hydrogen-bond donors (Lipinski definition) is 2. The fourth-order valence-electron chi connectivity index (χ4n) is 3.00. The predicted octanol–water partition coefficient (Wildman–Crippen LogP) is 2.35. The van der Waals surface area contributed by atoms with E-state index >= 15 is 0 Å². The molecule has 1 aromatic carbocycles. The number of piperidine rings is 1. The maximum atomic E-state index is 12.3. The normalized spacial score (nSPS) is 15.9. The minimum atomic E-state index is -0.417. The molecule has 3 N–H and O–H groups in total. The average Bonchev–Trinajstić information content (AvgIpc) is 2.65. The van der Waals surface area contributed by atoms with Crippen LogP contribution in [0.5, 0.6) is 0 Å². The molecule has 0 aromatic heterocycles. The summed E-state index contributed by atoms with van der Waals surface area (Å²) in [6.07, 6.45) is 4.14. The number of amides is 2. The van der Waals surface area contributed by atoms with Gasteiger partial charge in [0.25, 0.3) is 0 Å². The van der Waals surface area contributed by atoms with Crippen molar-refractivity contribution in [3.63, 3.8) is 0 Å². The lowest BCUT2D eigenvalue weighted by atomic mass is 9.95. The van der Waals surface area contributed by atoms with E-state index in [4.69, 9.17) is 5.73 Å². The SMILES string of the molecule is CSCC[C@H](N)C(=O)N1CCC(C(=O)NCc2ccc(C)cc2)CC1.Cl.